The molecule has 0 bridgehead atoms. The predicted octanol–water partition coefficient (Wildman–Crippen LogP) is 4.65. The van der Waals surface area contributed by atoms with Gasteiger partial charge in [0.2, 0.25) is 0 Å². The second-order valence-corrected chi connectivity index (χ2v) is 8.55. The highest BCUT2D eigenvalue weighted by molar-refractivity contribution is 5.69. The summed E-state index contributed by atoms with van der Waals surface area (Å²) in [7, 11) is 1.74. The van der Waals surface area contributed by atoms with Crippen LogP contribution in [-0.4, -0.2) is 35.3 Å². The Kier molecular flexibility index (Phi) is 6.10. The molecule has 2 aromatic carbocycles. The van der Waals surface area contributed by atoms with Crippen molar-refractivity contribution in [1.82, 2.24) is 9.97 Å². The number of fused-ring (bicyclic) bond motifs is 2. The normalized spacial score (nSPS) is 14.8. The van der Waals surface area contributed by atoms with Crippen molar-refractivity contribution in [1.29, 1.82) is 5.41 Å². The second kappa shape index (κ2) is 8.96. The maximum atomic E-state index is 7.55. The minimum atomic E-state index is -0.301. The number of hydrogen-bond acceptors (Lipinski definition) is 6. The monoisotopic (exact) mass is 432 g/mol. The number of nitrogens with two attached hydrogens (primary N) is 1. The van der Waals surface area contributed by atoms with E-state index in [2.05, 4.69) is 42.0 Å². The summed E-state index contributed by atoms with van der Waals surface area (Å²) in [5.41, 5.74) is 10.4. The summed E-state index contributed by atoms with van der Waals surface area (Å²) >= 11 is 0. The Hall–Kier alpha value is -3.45. The molecule has 166 valence electrons. The average Bonchev–Trinajstić information content (AvgIpc) is 2.80. The molecule has 1 atom stereocenters. The molecule has 0 saturated carbocycles. The zero-order chi connectivity index (χ0) is 22.7. The molecule has 1 aliphatic heterocycles. The summed E-state index contributed by atoms with van der Waals surface area (Å²) in [6.07, 6.45) is 6.85. The van der Waals surface area contributed by atoms with E-state index in [0.29, 0.717) is 0 Å². The lowest BCUT2D eigenvalue weighted by Crippen LogP contribution is -2.23. The largest absolute Gasteiger partial charge is 0.465 e. The first kappa shape index (κ1) is 21.8. The smallest absolute Gasteiger partial charge is 0.279 e. The lowest BCUT2D eigenvalue weighted by atomic mass is 9.85. The van der Waals surface area contributed by atoms with Crippen LogP contribution in [0.2, 0.25) is 0 Å². The van der Waals surface area contributed by atoms with Gasteiger partial charge in [0.25, 0.3) is 6.02 Å². The van der Waals surface area contributed by atoms with Crippen LogP contribution in [0.1, 0.15) is 42.9 Å². The summed E-state index contributed by atoms with van der Waals surface area (Å²) in [5, 5.41) is 7.55. The molecule has 0 radical (unpaired) electrons. The Bertz CT molecular complexity index is 1120. The third-order valence-electron chi connectivity index (χ3n) is 5.92. The van der Waals surface area contributed by atoms with Gasteiger partial charge in [0.05, 0.1) is 11.5 Å². The third kappa shape index (κ3) is 4.73. The van der Waals surface area contributed by atoms with Gasteiger partial charge in [-0.05, 0) is 56.0 Å². The molecule has 4 rings (SSSR count). The van der Waals surface area contributed by atoms with Crippen LogP contribution >= 0.6 is 0 Å². The molecule has 32 heavy (non-hydrogen) atoms. The van der Waals surface area contributed by atoms with Crippen molar-refractivity contribution < 1.29 is 14.2 Å². The van der Waals surface area contributed by atoms with E-state index in [1.165, 1.54) is 11.9 Å². The highest BCUT2D eigenvalue weighted by Crippen LogP contribution is 2.46. The van der Waals surface area contributed by atoms with E-state index in [1.807, 2.05) is 18.2 Å². The Morgan fingerprint density at radius 2 is 1.75 bits per heavy atom. The number of ether oxygens (including phenoxy) is 3. The molecule has 1 aromatic heterocycles. The average molecular weight is 433 g/mol. The van der Waals surface area contributed by atoms with Crippen LogP contribution in [0, 0.1) is 5.41 Å². The van der Waals surface area contributed by atoms with Crippen LogP contribution < -0.4 is 10.5 Å². The van der Waals surface area contributed by atoms with E-state index in [9.17, 15) is 0 Å². The highest BCUT2D eigenvalue weighted by atomic mass is 16.5. The summed E-state index contributed by atoms with van der Waals surface area (Å²) < 4.78 is 17.3. The maximum absolute atomic E-state index is 7.55. The molecule has 1 aliphatic rings. The van der Waals surface area contributed by atoms with Crippen molar-refractivity contribution in [2.75, 3.05) is 13.7 Å². The van der Waals surface area contributed by atoms with Crippen molar-refractivity contribution in [3.63, 3.8) is 0 Å². The van der Waals surface area contributed by atoms with Crippen molar-refractivity contribution in [3.8, 4) is 22.6 Å². The Labute approximate surface area is 188 Å². The molecule has 0 aliphatic carbocycles. The number of hydrogen-bond donors (Lipinski definition) is 2. The first-order chi connectivity index (χ1) is 15.4. The topological polar surface area (TPSA) is 103 Å². The minimum Gasteiger partial charge on any atom is -0.465 e. The summed E-state index contributed by atoms with van der Waals surface area (Å²) in [4.78, 5) is 8.25. The standard InChI is InChI=1S/C25H28N4O3/c1-25(2,30-3)9-8-16-4-6-22-19(10-16)21(14-31-24(26)27)20-11-17(5-7-23(20)32-22)18-12-28-15-29-13-18/h4-7,10-13,15,21H,8-9,14H2,1-3H3,(H3,26,27)/t21-/m0/s1. The van der Waals surface area contributed by atoms with Crippen molar-refractivity contribution >= 4 is 6.02 Å². The zero-order valence-electron chi connectivity index (χ0n) is 18.6. The summed E-state index contributed by atoms with van der Waals surface area (Å²) in [6, 6.07) is 12.0. The first-order valence-corrected chi connectivity index (χ1v) is 10.6. The fraction of sp³-hybridized carbons (Fsp3) is 0.320. The van der Waals surface area contributed by atoms with Gasteiger partial charge in [0.1, 0.15) is 24.4 Å². The fourth-order valence-electron chi connectivity index (χ4n) is 3.85. The molecule has 3 aromatic rings. The zero-order valence-corrected chi connectivity index (χ0v) is 18.6. The molecular formula is C25H28N4O3. The molecule has 3 N–H and O–H groups in total. The summed E-state index contributed by atoms with van der Waals surface area (Å²) in [5.74, 6) is 1.43. The van der Waals surface area contributed by atoms with Gasteiger partial charge in [-0.15, -0.1) is 0 Å². The molecule has 7 nitrogen and oxygen atoms in total. The molecule has 0 amide bonds. The van der Waals surface area contributed by atoms with Gasteiger partial charge in [-0.25, -0.2) is 9.97 Å². The van der Waals surface area contributed by atoms with Crippen LogP contribution in [-0.2, 0) is 15.9 Å². The number of aromatic nitrogens is 2. The molecule has 0 fully saturated rings. The van der Waals surface area contributed by atoms with Gasteiger partial charge in [0.15, 0.2) is 0 Å². The molecule has 7 heteroatoms. The van der Waals surface area contributed by atoms with Gasteiger partial charge >= 0.3 is 0 Å². The predicted molar refractivity (Wildman–Crippen MR) is 123 cm³/mol. The van der Waals surface area contributed by atoms with E-state index in [1.54, 1.807) is 19.5 Å². The lowest BCUT2D eigenvalue weighted by molar-refractivity contribution is 0.0158. The van der Waals surface area contributed by atoms with Crippen LogP contribution in [0.25, 0.3) is 11.1 Å². The third-order valence-corrected chi connectivity index (χ3v) is 5.92. The number of rotatable bonds is 7. The molecule has 0 unspecified atom stereocenters. The quantitative estimate of drug-likeness (QED) is 0.416. The van der Waals surface area contributed by atoms with Crippen molar-refractivity contribution in [3.05, 3.63) is 71.8 Å². The van der Waals surface area contributed by atoms with Gasteiger partial charge < -0.3 is 19.9 Å². The van der Waals surface area contributed by atoms with Crippen LogP contribution in [0.3, 0.4) is 0 Å². The number of nitrogens with zero attached hydrogens (tertiary/aromatic N) is 2. The van der Waals surface area contributed by atoms with Crippen LogP contribution in [0.15, 0.2) is 55.1 Å². The number of nitrogens with one attached hydrogen (secondary N) is 1. The molecule has 0 saturated heterocycles. The highest BCUT2D eigenvalue weighted by Gasteiger charge is 2.29. The van der Waals surface area contributed by atoms with Gasteiger partial charge in [-0.2, -0.15) is 0 Å². The molecule has 0 spiro atoms. The van der Waals surface area contributed by atoms with Crippen molar-refractivity contribution in [2.45, 2.75) is 38.2 Å². The number of methoxy groups -OCH3 is 1. The molecule has 2 heterocycles. The number of amidine groups is 1. The summed E-state index contributed by atoms with van der Waals surface area (Å²) in [6.45, 7) is 4.42. The fourth-order valence-corrected chi connectivity index (χ4v) is 3.85. The Morgan fingerprint density at radius 1 is 1.06 bits per heavy atom. The lowest BCUT2D eigenvalue weighted by Gasteiger charge is -2.29. The van der Waals surface area contributed by atoms with Crippen LogP contribution in [0.4, 0.5) is 0 Å². The number of benzene rings is 2. The second-order valence-electron chi connectivity index (χ2n) is 8.55. The van der Waals surface area contributed by atoms with E-state index < -0.39 is 0 Å². The van der Waals surface area contributed by atoms with E-state index in [4.69, 9.17) is 25.4 Å². The van der Waals surface area contributed by atoms with E-state index >= 15 is 0 Å². The first-order valence-electron chi connectivity index (χ1n) is 10.6. The maximum Gasteiger partial charge on any atom is 0.279 e. The Morgan fingerprint density at radius 3 is 2.44 bits per heavy atom. The van der Waals surface area contributed by atoms with Gasteiger partial charge in [-0.3, -0.25) is 5.41 Å². The SMILES string of the molecule is COC(C)(C)CCc1ccc2c(c1)[C@H](COC(=N)N)c1cc(-c3cncnc3)ccc1O2. The Balaban J connectivity index is 1.71. The van der Waals surface area contributed by atoms with E-state index in [-0.39, 0.29) is 24.1 Å². The number of aryl methyl sites for hydroxylation is 1. The molecular weight excluding hydrogens is 404 g/mol. The minimum absolute atomic E-state index is 0.127. The van der Waals surface area contributed by atoms with Gasteiger partial charge in [-0.1, -0.05) is 18.2 Å². The van der Waals surface area contributed by atoms with Gasteiger partial charge in [0, 0.05) is 36.2 Å². The van der Waals surface area contributed by atoms with E-state index in [0.717, 1.165) is 46.6 Å². The van der Waals surface area contributed by atoms with Crippen molar-refractivity contribution in [2.24, 2.45) is 5.73 Å². The van der Waals surface area contributed by atoms with Crippen LogP contribution in [0.5, 0.6) is 11.5 Å².